The van der Waals surface area contributed by atoms with Gasteiger partial charge in [-0.1, -0.05) is 24.6 Å². The highest BCUT2D eigenvalue weighted by molar-refractivity contribution is 5.90. The first-order valence-electron chi connectivity index (χ1n) is 7.58. The van der Waals surface area contributed by atoms with E-state index >= 15 is 0 Å². The molecule has 3 rings (SSSR count). The zero-order chi connectivity index (χ0) is 16.9. The fourth-order valence-corrected chi connectivity index (χ4v) is 2.34. The molecule has 24 heavy (non-hydrogen) atoms. The van der Waals surface area contributed by atoms with Gasteiger partial charge in [-0.2, -0.15) is 0 Å². The fraction of sp³-hybridized carbons (Fsp3) is 0.250. The van der Waals surface area contributed by atoms with E-state index in [1.165, 1.54) is 17.1 Å². The zero-order valence-electron chi connectivity index (χ0n) is 13.1. The summed E-state index contributed by atoms with van der Waals surface area (Å²) in [5, 5.41) is 16.3. The maximum atomic E-state index is 10.9. The largest absolute Gasteiger partial charge is 0.439 e. The maximum absolute atomic E-state index is 10.9. The van der Waals surface area contributed by atoms with Gasteiger partial charge < -0.3 is 4.42 Å². The van der Waals surface area contributed by atoms with Crippen LogP contribution in [0.5, 0.6) is 0 Å². The monoisotopic (exact) mass is 327 g/mol. The van der Waals surface area contributed by atoms with Crippen molar-refractivity contribution < 1.29 is 14.4 Å². The molecule has 0 aliphatic heterocycles. The molecule has 0 fully saturated rings. The van der Waals surface area contributed by atoms with Gasteiger partial charge in [0.25, 0.3) is 5.91 Å². The van der Waals surface area contributed by atoms with Gasteiger partial charge in [0.15, 0.2) is 5.58 Å². The summed E-state index contributed by atoms with van der Waals surface area (Å²) in [5.74, 6) is -0.0986. The van der Waals surface area contributed by atoms with Crippen LogP contribution in [0.1, 0.15) is 30.5 Å². The van der Waals surface area contributed by atoms with Crippen molar-refractivity contribution in [3.05, 3.63) is 47.6 Å². The van der Waals surface area contributed by atoms with Crippen LogP contribution in [0.3, 0.4) is 0 Å². The lowest BCUT2D eigenvalue weighted by molar-refractivity contribution is -0.124. The molecule has 0 atom stereocenters. The SMILES string of the molecule is CCCc1ccc2oc(Cn3cc(C=CC(=O)NO)nn3)nc2c1. The number of rotatable bonds is 6. The molecule has 1 aromatic carbocycles. The lowest BCUT2D eigenvalue weighted by atomic mass is 10.1. The lowest BCUT2D eigenvalue weighted by Gasteiger charge is -1.95. The number of benzene rings is 1. The van der Waals surface area contributed by atoms with Crippen LogP contribution in [0, 0.1) is 0 Å². The summed E-state index contributed by atoms with van der Waals surface area (Å²) in [6, 6.07) is 6.01. The topological polar surface area (TPSA) is 106 Å². The standard InChI is InChI=1S/C16H17N5O3/c1-2-3-11-4-6-14-13(8-11)17-16(24-14)10-21-9-12(18-20-21)5-7-15(22)19-23/h4-9,23H,2-3,10H2,1H3,(H,19,22). The van der Waals surface area contributed by atoms with Crippen molar-refractivity contribution in [3.8, 4) is 0 Å². The number of amides is 1. The molecule has 8 heteroatoms. The summed E-state index contributed by atoms with van der Waals surface area (Å²) in [5.41, 5.74) is 4.80. The Hall–Kier alpha value is -3.00. The fourth-order valence-electron chi connectivity index (χ4n) is 2.34. The van der Waals surface area contributed by atoms with Crippen LogP contribution in [0.25, 0.3) is 17.2 Å². The zero-order valence-corrected chi connectivity index (χ0v) is 13.1. The van der Waals surface area contributed by atoms with Crippen molar-refractivity contribution in [1.29, 1.82) is 0 Å². The van der Waals surface area contributed by atoms with Crippen LogP contribution in [-0.4, -0.2) is 31.1 Å². The molecule has 2 aromatic heterocycles. The Morgan fingerprint density at radius 3 is 3.12 bits per heavy atom. The van der Waals surface area contributed by atoms with Gasteiger partial charge in [0, 0.05) is 6.08 Å². The molecule has 0 aliphatic carbocycles. The molecular formula is C16H17N5O3. The highest BCUT2D eigenvalue weighted by atomic mass is 16.5. The second-order valence-corrected chi connectivity index (χ2v) is 5.31. The van der Waals surface area contributed by atoms with Crippen molar-refractivity contribution >= 4 is 23.1 Å². The number of carbonyl (C=O) groups excluding carboxylic acids is 1. The molecule has 0 spiro atoms. The number of hydrogen-bond acceptors (Lipinski definition) is 6. The van der Waals surface area contributed by atoms with Crippen LogP contribution in [0.4, 0.5) is 0 Å². The summed E-state index contributed by atoms with van der Waals surface area (Å²) in [4.78, 5) is 15.4. The first kappa shape index (κ1) is 15.9. The van der Waals surface area contributed by atoms with Crippen molar-refractivity contribution in [1.82, 2.24) is 25.5 Å². The normalized spacial score (nSPS) is 11.4. The minimum Gasteiger partial charge on any atom is -0.439 e. The van der Waals surface area contributed by atoms with Gasteiger partial charge >= 0.3 is 0 Å². The van der Waals surface area contributed by atoms with Gasteiger partial charge in [0.2, 0.25) is 5.89 Å². The van der Waals surface area contributed by atoms with Crippen molar-refractivity contribution in [2.24, 2.45) is 0 Å². The van der Waals surface area contributed by atoms with E-state index in [-0.39, 0.29) is 0 Å². The summed E-state index contributed by atoms with van der Waals surface area (Å²) < 4.78 is 7.28. The number of fused-ring (bicyclic) bond motifs is 1. The average Bonchev–Trinajstić information content (AvgIpc) is 3.19. The molecule has 0 bridgehead atoms. The Morgan fingerprint density at radius 2 is 2.33 bits per heavy atom. The van der Waals surface area contributed by atoms with Gasteiger partial charge in [0.1, 0.15) is 17.8 Å². The molecular weight excluding hydrogens is 310 g/mol. The van der Waals surface area contributed by atoms with Crippen LogP contribution in [-0.2, 0) is 17.8 Å². The second-order valence-electron chi connectivity index (χ2n) is 5.31. The van der Waals surface area contributed by atoms with E-state index < -0.39 is 5.91 Å². The molecule has 0 radical (unpaired) electrons. The maximum Gasteiger partial charge on any atom is 0.267 e. The molecule has 2 N–H and O–H groups in total. The number of nitrogens with zero attached hydrogens (tertiary/aromatic N) is 4. The smallest absolute Gasteiger partial charge is 0.267 e. The van der Waals surface area contributed by atoms with E-state index in [9.17, 15) is 4.79 Å². The Labute approximate surface area is 137 Å². The molecule has 3 aromatic rings. The second kappa shape index (κ2) is 7.05. The number of aromatic nitrogens is 4. The Morgan fingerprint density at radius 1 is 1.46 bits per heavy atom. The molecule has 8 nitrogen and oxygen atoms in total. The lowest BCUT2D eigenvalue weighted by Crippen LogP contribution is -2.14. The van der Waals surface area contributed by atoms with Gasteiger partial charge in [-0.05, 0) is 30.2 Å². The van der Waals surface area contributed by atoms with Crippen LogP contribution in [0.15, 0.2) is 34.9 Å². The first-order valence-corrected chi connectivity index (χ1v) is 7.58. The van der Waals surface area contributed by atoms with Crippen molar-refractivity contribution in [2.75, 3.05) is 0 Å². The number of hydrogen-bond donors (Lipinski definition) is 2. The number of carbonyl (C=O) groups is 1. The van der Waals surface area contributed by atoms with Crippen LogP contribution < -0.4 is 5.48 Å². The van der Waals surface area contributed by atoms with Crippen molar-refractivity contribution in [3.63, 3.8) is 0 Å². The minimum absolute atomic E-state index is 0.338. The van der Waals surface area contributed by atoms with Crippen LogP contribution in [0.2, 0.25) is 0 Å². The van der Waals surface area contributed by atoms with Gasteiger partial charge in [-0.15, -0.1) is 5.10 Å². The number of oxazole rings is 1. The number of nitrogens with one attached hydrogen (secondary N) is 1. The Balaban J connectivity index is 1.74. The van der Waals surface area contributed by atoms with Gasteiger partial charge in [0.05, 0.1) is 6.20 Å². The predicted molar refractivity (Wildman–Crippen MR) is 86.1 cm³/mol. The summed E-state index contributed by atoms with van der Waals surface area (Å²) >= 11 is 0. The molecule has 0 unspecified atom stereocenters. The van der Waals surface area contributed by atoms with Gasteiger partial charge in [-0.25, -0.2) is 15.1 Å². The highest BCUT2D eigenvalue weighted by Crippen LogP contribution is 2.18. The van der Waals surface area contributed by atoms with E-state index in [1.54, 1.807) is 10.9 Å². The molecule has 2 heterocycles. The first-order chi connectivity index (χ1) is 11.7. The van der Waals surface area contributed by atoms with E-state index in [2.05, 4.69) is 22.2 Å². The third-order valence-corrected chi connectivity index (χ3v) is 3.40. The molecule has 0 saturated carbocycles. The summed E-state index contributed by atoms with van der Waals surface area (Å²) in [7, 11) is 0. The van der Waals surface area contributed by atoms with E-state index in [4.69, 9.17) is 9.62 Å². The van der Waals surface area contributed by atoms with E-state index in [1.807, 2.05) is 18.2 Å². The molecule has 124 valence electrons. The van der Waals surface area contributed by atoms with Crippen molar-refractivity contribution in [2.45, 2.75) is 26.3 Å². The average molecular weight is 327 g/mol. The van der Waals surface area contributed by atoms with Gasteiger partial charge in [-0.3, -0.25) is 10.0 Å². The molecule has 1 amide bonds. The Kier molecular flexibility index (Phi) is 4.66. The van der Waals surface area contributed by atoms with Crippen LogP contribution >= 0.6 is 0 Å². The highest BCUT2D eigenvalue weighted by Gasteiger charge is 2.08. The molecule has 0 saturated heterocycles. The number of aryl methyl sites for hydroxylation is 1. The Bertz CT molecular complexity index is 881. The minimum atomic E-state index is -0.633. The quantitative estimate of drug-likeness (QED) is 0.407. The third kappa shape index (κ3) is 3.66. The summed E-state index contributed by atoms with van der Waals surface area (Å²) in [6.45, 7) is 2.48. The van der Waals surface area contributed by atoms with E-state index in [0.717, 1.165) is 30.0 Å². The third-order valence-electron chi connectivity index (χ3n) is 3.40. The molecule has 0 aliphatic rings. The number of hydroxylamine groups is 1. The van der Waals surface area contributed by atoms with E-state index in [0.29, 0.717) is 18.1 Å². The predicted octanol–water partition coefficient (Wildman–Crippen LogP) is 1.94. The summed E-state index contributed by atoms with van der Waals surface area (Å²) in [6.07, 6.45) is 6.35.